The maximum Gasteiger partial charge on any atom is 0.293 e. The van der Waals surface area contributed by atoms with Crippen LogP contribution in [0.2, 0.25) is 0 Å². The zero-order chi connectivity index (χ0) is 26.4. The molecule has 0 saturated carbocycles. The molecule has 0 radical (unpaired) electrons. The van der Waals surface area contributed by atoms with Crippen LogP contribution < -0.4 is 9.47 Å². The molecule has 190 valence electrons. The minimum atomic E-state index is -0.297. The summed E-state index contributed by atoms with van der Waals surface area (Å²) in [5.41, 5.74) is 4.72. The topological polar surface area (TPSA) is 55.8 Å². The van der Waals surface area contributed by atoms with Gasteiger partial charge in [0.2, 0.25) is 0 Å². The van der Waals surface area contributed by atoms with Crippen molar-refractivity contribution >= 4 is 44.9 Å². The average molecular weight is 579 g/mol. The van der Waals surface area contributed by atoms with Gasteiger partial charge >= 0.3 is 0 Å². The Kier molecular flexibility index (Phi) is 8.90. The zero-order valence-corrected chi connectivity index (χ0v) is 23.2. The number of rotatable bonds is 10. The van der Waals surface area contributed by atoms with Crippen molar-refractivity contribution in [2.24, 2.45) is 0 Å². The Morgan fingerprint density at radius 2 is 1.70 bits per heavy atom. The lowest BCUT2D eigenvalue weighted by atomic mass is 10.0. The molecule has 2 amide bonds. The molecular formula is C30H28BrNO4S. The highest BCUT2D eigenvalue weighted by molar-refractivity contribution is 9.10. The predicted molar refractivity (Wildman–Crippen MR) is 153 cm³/mol. The molecule has 1 aliphatic heterocycles. The van der Waals surface area contributed by atoms with Crippen molar-refractivity contribution in [3.63, 3.8) is 0 Å². The Bertz CT molecular complexity index is 1330. The Hall–Kier alpha value is -3.29. The molecule has 7 heteroatoms. The Balaban J connectivity index is 1.60. The van der Waals surface area contributed by atoms with Crippen LogP contribution in [-0.4, -0.2) is 22.7 Å². The molecule has 0 spiro atoms. The van der Waals surface area contributed by atoms with Crippen molar-refractivity contribution in [2.45, 2.75) is 33.4 Å². The third kappa shape index (κ3) is 6.73. The number of hydrogen-bond donors (Lipinski definition) is 0. The highest BCUT2D eigenvalue weighted by Gasteiger charge is 2.35. The molecule has 3 aromatic carbocycles. The van der Waals surface area contributed by atoms with E-state index < -0.39 is 0 Å². The molecule has 0 unspecified atom stereocenters. The third-order valence-electron chi connectivity index (χ3n) is 5.75. The van der Waals surface area contributed by atoms with Crippen molar-refractivity contribution in [1.82, 2.24) is 4.90 Å². The fraction of sp³-hybridized carbons (Fsp3) is 0.200. The molecule has 0 N–H and O–H groups in total. The van der Waals surface area contributed by atoms with Crippen molar-refractivity contribution in [2.75, 3.05) is 6.61 Å². The molecule has 3 aromatic rings. The van der Waals surface area contributed by atoms with E-state index in [1.165, 1.54) is 4.90 Å². The van der Waals surface area contributed by atoms with Crippen molar-refractivity contribution in [3.8, 4) is 11.5 Å². The first kappa shape index (κ1) is 26.8. The molecule has 5 nitrogen and oxygen atoms in total. The Morgan fingerprint density at radius 1 is 1.00 bits per heavy atom. The van der Waals surface area contributed by atoms with E-state index in [0.717, 1.165) is 44.1 Å². The van der Waals surface area contributed by atoms with Crippen LogP contribution in [-0.2, 0) is 24.4 Å². The summed E-state index contributed by atoms with van der Waals surface area (Å²) in [5.74, 6) is 0.938. The monoisotopic (exact) mass is 577 g/mol. The van der Waals surface area contributed by atoms with E-state index in [9.17, 15) is 9.59 Å². The van der Waals surface area contributed by atoms with Gasteiger partial charge in [0.1, 0.15) is 6.61 Å². The van der Waals surface area contributed by atoms with Crippen molar-refractivity contribution in [3.05, 3.63) is 111 Å². The number of carbonyl (C=O) groups excluding carboxylic acids is 2. The summed E-state index contributed by atoms with van der Waals surface area (Å²) in [6.45, 7) is 8.88. The van der Waals surface area contributed by atoms with Gasteiger partial charge in [-0.1, -0.05) is 64.0 Å². The number of imide groups is 1. The van der Waals surface area contributed by atoms with Crippen LogP contribution in [0.3, 0.4) is 0 Å². The second kappa shape index (κ2) is 12.3. The average Bonchev–Trinajstić information content (AvgIpc) is 3.13. The van der Waals surface area contributed by atoms with Crippen LogP contribution in [0, 0.1) is 6.92 Å². The third-order valence-corrected chi connectivity index (χ3v) is 7.18. The standard InChI is InChI=1S/C30H28BrNO4S/c1-4-6-24-15-23(16-26(35-5-2)28(24)36-19-22-11-13-25(31)14-12-22)17-27-29(33)32(30(34)37-27)18-21-9-7-20(3)8-10-21/h4,7-17H,1,5-6,18-19H2,2-3H3/b27-17-. The van der Waals surface area contributed by atoms with Gasteiger partial charge in [-0.15, -0.1) is 6.58 Å². The first-order chi connectivity index (χ1) is 17.9. The van der Waals surface area contributed by atoms with E-state index in [-0.39, 0.29) is 17.7 Å². The van der Waals surface area contributed by atoms with E-state index in [2.05, 4.69) is 22.5 Å². The van der Waals surface area contributed by atoms with Crippen LogP contribution in [0.4, 0.5) is 4.79 Å². The van der Waals surface area contributed by atoms with E-state index in [4.69, 9.17) is 9.47 Å². The van der Waals surface area contributed by atoms with E-state index in [0.29, 0.717) is 36.0 Å². The van der Waals surface area contributed by atoms with Gasteiger partial charge in [0.05, 0.1) is 18.1 Å². The van der Waals surface area contributed by atoms with Gasteiger partial charge in [-0.2, -0.15) is 0 Å². The van der Waals surface area contributed by atoms with Gasteiger partial charge in [-0.05, 0) is 79.1 Å². The summed E-state index contributed by atoms with van der Waals surface area (Å²) >= 11 is 4.41. The minimum absolute atomic E-state index is 0.247. The molecule has 0 aromatic heterocycles. The molecule has 4 rings (SSSR count). The normalized spacial score (nSPS) is 14.4. The number of thioether (sulfide) groups is 1. The van der Waals surface area contributed by atoms with Crippen molar-refractivity contribution < 1.29 is 19.1 Å². The number of benzene rings is 3. The highest BCUT2D eigenvalue weighted by atomic mass is 79.9. The number of nitrogens with zero attached hydrogens (tertiary/aromatic N) is 1. The maximum absolute atomic E-state index is 13.1. The summed E-state index contributed by atoms with van der Waals surface area (Å²) < 4.78 is 13.1. The van der Waals surface area contributed by atoms with Crippen LogP contribution in [0.15, 0.2) is 82.7 Å². The van der Waals surface area contributed by atoms with E-state index in [1.54, 1.807) is 12.2 Å². The van der Waals surface area contributed by atoms with E-state index in [1.807, 2.05) is 74.5 Å². The first-order valence-corrected chi connectivity index (χ1v) is 13.6. The van der Waals surface area contributed by atoms with Crippen molar-refractivity contribution in [1.29, 1.82) is 0 Å². The van der Waals surface area contributed by atoms with Crippen LogP contribution in [0.25, 0.3) is 6.08 Å². The smallest absolute Gasteiger partial charge is 0.293 e. The molecule has 0 atom stereocenters. The largest absolute Gasteiger partial charge is 0.490 e. The van der Waals surface area contributed by atoms with Gasteiger partial charge in [0, 0.05) is 10.0 Å². The van der Waals surface area contributed by atoms with Gasteiger partial charge in [0.15, 0.2) is 11.5 Å². The summed E-state index contributed by atoms with van der Waals surface area (Å²) in [6.07, 6.45) is 4.11. The second-order valence-corrected chi connectivity index (χ2v) is 10.5. The molecule has 0 aliphatic carbocycles. The van der Waals surface area contributed by atoms with Gasteiger partial charge < -0.3 is 9.47 Å². The molecule has 0 bridgehead atoms. The summed E-state index contributed by atoms with van der Waals surface area (Å²) in [4.78, 5) is 27.4. The lowest BCUT2D eigenvalue weighted by molar-refractivity contribution is -0.123. The molecular weight excluding hydrogens is 550 g/mol. The van der Waals surface area contributed by atoms with Crippen LogP contribution in [0.1, 0.15) is 34.7 Å². The number of ether oxygens (including phenoxy) is 2. The Labute approximate surface area is 230 Å². The Morgan fingerprint density at radius 3 is 2.38 bits per heavy atom. The number of carbonyl (C=O) groups is 2. The van der Waals surface area contributed by atoms with Crippen LogP contribution in [0.5, 0.6) is 11.5 Å². The summed E-state index contributed by atoms with van der Waals surface area (Å²) in [7, 11) is 0. The number of amides is 2. The second-order valence-electron chi connectivity index (χ2n) is 8.60. The SMILES string of the molecule is C=CCc1cc(/C=C2\SC(=O)N(Cc3ccc(C)cc3)C2=O)cc(OCC)c1OCc1ccc(Br)cc1. The predicted octanol–water partition coefficient (Wildman–Crippen LogP) is 7.70. The maximum atomic E-state index is 13.1. The van der Waals surface area contributed by atoms with Gasteiger partial charge in [-0.3, -0.25) is 14.5 Å². The fourth-order valence-corrected chi connectivity index (χ4v) is 5.00. The number of hydrogen-bond acceptors (Lipinski definition) is 5. The van der Waals surface area contributed by atoms with E-state index >= 15 is 0 Å². The number of allylic oxidation sites excluding steroid dienone is 1. The molecule has 1 fully saturated rings. The lowest BCUT2D eigenvalue weighted by Gasteiger charge is -2.17. The lowest BCUT2D eigenvalue weighted by Crippen LogP contribution is -2.27. The summed E-state index contributed by atoms with van der Waals surface area (Å²) in [5, 5.41) is -0.275. The number of aryl methyl sites for hydroxylation is 1. The molecule has 37 heavy (non-hydrogen) atoms. The first-order valence-electron chi connectivity index (χ1n) is 12.0. The number of halogens is 1. The zero-order valence-electron chi connectivity index (χ0n) is 20.8. The fourth-order valence-electron chi connectivity index (χ4n) is 3.90. The van der Waals surface area contributed by atoms with Gasteiger partial charge in [-0.25, -0.2) is 0 Å². The minimum Gasteiger partial charge on any atom is -0.490 e. The molecule has 1 saturated heterocycles. The summed E-state index contributed by atoms with van der Waals surface area (Å²) in [6, 6.07) is 19.6. The molecule has 1 heterocycles. The highest BCUT2D eigenvalue weighted by Crippen LogP contribution is 2.38. The molecule has 1 aliphatic rings. The van der Waals surface area contributed by atoms with Crippen LogP contribution >= 0.6 is 27.7 Å². The quantitative estimate of drug-likeness (QED) is 0.182. The van der Waals surface area contributed by atoms with Gasteiger partial charge in [0.25, 0.3) is 11.1 Å².